The van der Waals surface area contributed by atoms with Crippen LogP contribution >= 0.6 is 0 Å². The maximum Gasteiger partial charge on any atom is 0.306 e. The van der Waals surface area contributed by atoms with E-state index >= 15 is 0 Å². The average Bonchev–Trinajstić information content (AvgIpc) is 2.51. The normalized spacial score (nSPS) is 24.8. The van der Waals surface area contributed by atoms with E-state index in [0.717, 1.165) is 0 Å². The van der Waals surface area contributed by atoms with E-state index in [1.807, 2.05) is 13.8 Å². The Labute approximate surface area is 86.6 Å². The van der Waals surface area contributed by atoms with Crippen LogP contribution < -0.4 is 0 Å². The number of carbonyl (C=O) groups is 1. The van der Waals surface area contributed by atoms with Crippen molar-refractivity contribution in [3.05, 3.63) is 0 Å². The molecule has 1 fully saturated rings. The smallest absolute Gasteiger partial charge is 0.306 e. The predicted octanol–water partition coefficient (Wildman–Crippen LogP) is 1.03. The molecule has 0 aromatic carbocycles. The van der Waals surface area contributed by atoms with Gasteiger partial charge in [0.2, 0.25) is 0 Å². The molecule has 0 radical (unpaired) electrons. The highest BCUT2D eigenvalue weighted by Crippen LogP contribution is 2.30. The molecule has 5 heteroatoms. The second kappa shape index (κ2) is 4.40. The van der Waals surface area contributed by atoms with Crippen LogP contribution in [0.25, 0.3) is 0 Å². The summed E-state index contributed by atoms with van der Waals surface area (Å²) in [4.78, 5) is 10.9. The highest BCUT2D eigenvalue weighted by Gasteiger charge is 2.39. The summed E-state index contributed by atoms with van der Waals surface area (Å²) in [7, 11) is 0. The first-order valence-corrected chi connectivity index (χ1v) is 5.93. The monoisotopic (exact) mass is 220 g/mol. The molecule has 0 amide bonds. The largest absolute Gasteiger partial charge is 0.465 e. The molecule has 0 bridgehead atoms. The zero-order chi connectivity index (χ0) is 10.8. The lowest BCUT2D eigenvalue weighted by molar-refractivity contribution is -0.137. The number of ether oxygens (including phenoxy) is 1. The van der Waals surface area contributed by atoms with E-state index in [1.165, 1.54) is 0 Å². The molecule has 14 heavy (non-hydrogen) atoms. The van der Waals surface area contributed by atoms with Crippen LogP contribution in [0, 0.1) is 5.92 Å². The lowest BCUT2D eigenvalue weighted by atomic mass is 9.90. The lowest BCUT2D eigenvalue weighted by Gasteiger charge is -2.28. The van der Waals surface area contributed by atoms with Gasteiger partial charge in [-0.15, -0.1) is 0 Å². The third-order valence-corrected chi connectivity index (χ3v) is 3.47. The maximum absolute atomic E-state index is 11.2. The van der Waals surface area contributed by atoms with Gasteiger partial charge in [-0.05, 0) is 13.8 Å². The van der Waals surface area contributed by atoms with Crippen LogP contribution in [0.2, 0.25) is 0 Å². The second-order valence-corrected chi connectivity index (χ2v) is 5.21. The van der Waals surface area contributed by atoms with Gasteiger partial charge in [-0.25, -0.2) is 4.21 Å². The number of carbonyl (C=O) groups excluding carboxylic acids is 1. The first-order valence-electron chi connectivity index (χ1n) is 4.69. The standard InChI is InChI=1S/C9H16O4S/c1-4-14(11)13-9(2,3)7-5-8(10)12-6-7/h7H,4-6H2,1-3H3. The minimum absolute atomic E-state index is 0.00509. The van der Waals surface area contributed by atoms with Gasteiger partial charge in [0.1, 0.15) is 0 Å². The summed E-state index contributed by atoms with van der Waals surface area (Å²) in [5.74, 6) is 0.268. The molecule has 0 aromatic heterocycles. The third kappa shape index (κ3) is 2.78. The molecule has 1 aliphatic heterocycles. The van der Waals surface area contributed by atoms with Gasteiger partial charge in [0.05, 0.1) is 18.6 Å². The van der Waals surface area contributed by atoms with Crippen molar-refractivity contribution in [3.63, 3.8) is 0 Å². The highest BCUT2D eigenvalue weighted by atomic mass is 32.2. The van der Waals surface area contributed by atoms with Crippen LogP contribution in [0.3, 0.4) is 0 Å². The van der Waals surface area contributed by atoms with E-state index in [0.29, 0.717) is 18.8 Å². The van der Waals surface area contributed by atoms with Gasteiger partial charge in [-0.3, -0.25) is 8.98 Å². The van der Waals surface area contributed by atoms with Gasteiger partial charge in [-0.1, -0.05) is 6.92 Å². The zero-order valence-electron chi connectivity index (χ0n) is 8.74. The number of cyclic esters (lactones) is 1. The van der Waals surface area contributed by atoms with E-state index in [2.05, 4.69) is 0 Å². The molecular formula is C9H16O4S. The van der Waals surface area contributed by atoms with E-state index in [4.69, 9.17) is 8.92 Å². The minimum atomic E-state index is -1.27. The highest BCUT2D eigenvalue weighted by molar-refractivity contribution is 7.80. The molecule has 0 N–H and O–H groups in total. The third-order valence-electron chi connectivity index (χ3n) is 2.39. The fourth-order valence-electron chi connectivity index (χ4n) is 1.33. The van der Waals surface area contributed by atoms with Crippen molar-refractivity contribution in [2.24, 2.45) is 5.92 Å². The Hall–Kier alpha value is -0.420. The van der Waals surface area contributed by atoms with Crippen LogP contribution in [0.1, 0.15) is 27.2 Å². The first kappa shape index (κ1) is 11.7. The number of hydrogen-bond donors (Lipinski definition) is 0. The minimum Gasteiger partial charge on any atom is -0.465 e. The Kier molecular flexibility index (Phi) is 3.66. The van der Waals surface area contributed by atoms with Crippen molar-refractivity contribution in [1.29, 1.82) is 0 Å². The Balaban J connectivity index is 2.56. The molecule has 1 rings (SSSR count). The SMILES string of the molecule is CCS(=O)OC(C)(C)C1COC(=O)C1. The summed E-state index contributed by atoms with van der Waals surface area (Å²) < 4.78 is 21.4. The molecule has 1 aliphatic rings. The molecule has 82 valence electrons. The van der Waals surface area contributed by atoms with E-state index in [1.54, 1.807) is 6.92 Å². The molecule has 4 nitrogen and oxygen atoms in total. The Morgan fingerprint density at radius 3 is 2.71 bits per heavy atom. The molecule has 0 spiro atoms. The molecule has 0 aromatic rings. The van der Waals surface area contributed by atoms with Crippen molar-refractivity contribution >= 4 is 17.0 Å². The van der Waals surface area contributed by atoms with Crippen molar-refractivity contribution in [2.75, 3.05) is 12.4 Å². The van der Waals surface area contributed by atoms with Crippen LogP contribution in [-0.2, 0) is 24.8 Å². The maximum atomic E-state index is 11.2. The molecular weight excluding hydrogens is 204 g/mol. The molecule has 1 saturated heterocycles. The molecule has 2 unspecified atom stereocenters. The summed E-state index contributed by atoms with van der Waals surface area (Å²) in [5.41, 5.74) is -0.562. The average molecular weight is 220 g/mol. The Morgan fingerprint density at radius 1 is 1.64 bits per heavy atom. The lowest BCUT2D eigenvalue weighted by Crippen LogP contribution is -2.36. The van der Waals surface area contributed by atoms with Crippen molar-refractivity contribution in [1.82, 2.24) is 0 Å². The van der Waals surface area contributed by atoms with Crippen LogP contribution in [0.4, 0.5) is 0 Å². The van der Waals surface area contributed by atoms with Gasteiger partial charge >= 0.3 is 5.97 Å². The van der Waals surface area contributed by atoms with Gasteiger partial charge in [-0.2, -0.15) is 0 Å². The summed E-state index contributed by atoms with van der Waals surface area (Å²) in [6.45, 7) is 5.84. The van der Waals surface area contributed by atoms with Gasteiger partial charge in [0.15, 0.2) is 11.1 Å². The number of hydrogen-bond acceptors (Lipinski definition) is 4. The first-order chi connectivity index (χ1) is 6.45. The van der Waals surface area contributed by atoms with E-state index in [-0.39, 0.29) is 11.9 Å². The summed E-state index contributed by atoms with van der Waals surface area (Å²) in [6, 6.07) is 0. The molecule has 0 aliphatic carbocycles. The van der Waals surface area contributed by atoms with E-state index < -0.39 is 16.7 Å². The molecule has 2 atom stereocenters. The number of esters is 1. The zero-order valence-corrected chi connectivity index (χ0v) is 9.56. The van der Waals surface area contributed by atoms with Crippen molar-refractivity contribution in [2.45, 2.75) is 32.8 Å². The van der Waals surface area contributed by atoms with Crippen molar-refractivity contribution in [3.8, 4) is 0 Å². The number of rotatable bonds is 4. The summed E-state index contributed by atoms with van der Waals surface area (Å²) in [5, 5.41) is 0. The van der Waals surface area contributed by atoms with Crippen LogP contribution in [-0.4, -0.2) is 28.1 Å². The fraction of sp³-hybridized carbons (Fsp3) is 0.889. The Bertz CT molecular complexity index is 249. The fourth-order valence-corrected chi connectivity index (χ4v) is 2.06. The Morgan fingerprint density at radius 2 is 2.29 bits per heavy atom. The van der Waals surface area contributed by atoms with E-state index in [9.17, 15) is 9.00 Å². The second-order valence-electron chi connectivity index (χ2n) is 3.86. The van der Waals surface area contributed by atoms with Gasteiger partial charge in [0.25, 0.3) is 0 Å². The predicted molar refractivity (Wildman–Crippen MR) is 52.9 cm³/mol. The molecule has 1 heterocycles. The summed E-state index contributed by atoms with van der Waals surface area (Å²) in [6.07, 6.45) is 0.355. The topological polar surface area (TPSA) is 52.6 Å². The quantitative estimate of drug-likeness (QED) is 0.664. The molecule has 0 saturated carbocycles. The van der Waals surface area contributed by atoms with Gasteiger partial charge in [0, 0.05) is 11.7 Å². The summed E-state index contributed by atoms with van der Waals surface area (Å²) >= 11 is -1.27. The van der Waals surface area contributed by atoms with Crippen LogP contribution in [0.5, 0.6) is 0 Å². The van der Waals surface area contributed by atoms with Crippen molar-refractivity contribution < 1.29 is 17.9 Å². The van der Waals surface area contributed by atoms with Gasteiger partial charge < -0.3 is 4.74 Å². The van der Waals surface area contributed by atoms with Crippen LogP contribution in [0.15, 0.2) is 0 Å².